The van der Waals surface area contributed by atoms with Crippen molar-refractivity contribution in [2.75, 3.05) is 13.7 Å². The molecule has 0 aromatic heterocycles. The summed E-state index contributed by atoms with van der Waals surface area (Å²) in [6.07, 6.45) is 2.15. The van der Waals surface area contributed by atoms with Gasteiger partial charge in [-0.15, -0.1) is 0 Å². The van der Waals surface area contributed by atoms with Crippen LogP contribution in [-0.2, 0) is 11.3 Å². The minimum absolute atomic E-state index is 0.0143. The largest absolute Gasteiger partial charge is 0.495 e. The van der Waals surface area contributed by atoms with Gasteiger partial charge >= 0.3 is 12.1 Å². The molecule has 1 N–H and O–H groups in total. The fourth-order valence-electron chi connectivity index (χ4n) is 5.69. The van der Waals surface area contributed by atoms with Gasteiger partial charge in [-0.1, -0.05) is 37.0 Å². The minimum Gasteiger partial charge on any atom is -0.495 e. The van der Waals surface area contributed by atoms with E-state index in [4.69, 9.17) is 42.1 Å². The smallest absolute Gasteiger partial charge is 0.415 e. The number of halogens is 2. The Hall–Kier alpha value is -2.68. The van der Waals surface area contributed by atoms with Gasteiger partial charge in [0.05, 0.1) is 28.8 Å². The Morgan fingerprint density at radius 2 is 1.97 bits per heavy atom. The average Bonchev–Trinajstić information content (AvgIpc) is 3.51. The lowest BCUT2D eigenvalue weighted by molar-refractivity contribution is 0.0453. The second-order valence-electron chi connectivity index (χ2n) is 10.6. The van der Waals surface area contributed by atoms with E-state index in [0.717, 1.165) is 19.3 Å². The zero-order valence-electron chi connectivity index (χ0n) is 21.8. The first-order chi connectivity index (χ1) is 18.1. The molecule has 3 atom stereocenters. The molecule has 8 nitrogen and oxygen atoms in total. The summed E-state index contributed by atoms with van der Waals surface area (Å²) >= 11 is 13.3. The predicted molar refractivity (Wildman–Crippen MR) is 142 cm³/mol. The number of rotatable bonds is 5. The molecule has 2 aromatic rings. The van der Waals surface area contributed by atoms with E-state index in [1.807, 2.05) is 13.8 Å². The molecule has 2 bridgehead atoms. The second-order valence-corrected chi connectivity index (χ2v) is 11.4. The molecule has 2 fully saturated rings. The van der Waals surface area contributed by atoms with Crippen LogP contribution in [0.2, 0.25) is 10.0 Å². The first-order valence-electron chi connectivity index (χ1n) is 12.8. The van der Waals surface area contributed by atoms with Gasteiger partial charge in [0.25, 0.3) is 0 Å². The fourth-order valence-corrected chi connectivity index (χ4v) is 6.19. The third kappa shape index (κ3) is 4.67. The summed E-state index contributed by atoms with van der Waals surface area (Å²) in [7, 11) is 1.41. The molecule has 204 valence electrons. The first-order valence-corrected chi connectivity index (χ1v) is 13.6. The van der Waals surface area contributed by atoms with Crippen molar-refractivity contribution in [1.29, 1.82) is 0 Å². The maximum atomic E-state index is 13.2. The molecule has 1 saturated heterocycles. The molecule has 2 heterocycles. The number of aliphatic hydroxyl groups is 1. The molecule has 0 spiro atoms. The van der Waals surface area contributed by atoms with Crippen molar-refractivity contribution in [2.24, 2.45) is 11.8 Å². The second kappa shape index (κ2) is 10.5. The lowest BCUT2D eigenvalue weighted by Gasteiger charge is -2.28. The highest BCUT2D eigenvalue weighted by molar-refractivity contribution is 6.38. The van der Waals surface area contributed by atoms with E-state index in [2.05, 4.69) is 0 Å². The van der Waals surface area contributed by atoms with E-state index < -0.39 is 18.2 Å². The number of hydrogen-bond donors (Lipinski definition) is 1. The number of likely N-dealkylation sites (tertiary alicyclic amines) is 1. The zero-order chi connectivity index (χ0) is 27.3. The number of esters is 1. The molecular formula is C28H31Cl2NO7. The van der Waals surface area contributed by atoms with Gasteiger partial charge in [-0.2, -0.15) is 0 Å². The normalized spacial score (nSPS) is 20.7. The molecule has 5 rings (SSSR count). The van der Waals surface area contributed by atoms with Gasteiger partial charge in [0.1, 0.15) is 23.7 Å². The number of benzene rings is 2. The maximum Gasteiger partial charge on any atom is 0.415 e. The highest BCUT2D eigenvalue weighted by atomic mass is 35.5. The Kier molecular flexibility index (Phi) is 7.42. The van der Waals surface area contributed by atoms with Gasteiger partial charge in [-0.3, -0.25) is 0 Å². The zero-order valence-corrected chi connectivity index (χ0v) is 23.3. The van der Waals surface area contributed by atoms with Gasteiger partial charge in [0, 0.05) is 18.2 Å². The van der Waals surface area contributed by atoms with Crippen LogP contribution in [0.5, 0.6) is 23.0 Å². The van der Waals surface area contributed by atoms with Gasteiger partial charge in [-0.05, 0) is 62.1 Å². The van der Waals surface area contributed by atoms with Crippen LogP contribution in [0.25, 0.3) is 0 Å². The van der Waals surface area contributed by atoms with Gasteiger partial charge < -0.3 is 29.0 Å². The number of amides is 1. The molecule has 2 aromatic carbocycles. The first kappa shape index (κ1) is 26.9. The van der Waals surface area contributed by atoms with E-state index in [-0.39, 0.29) is 57.2 Å². The standard InChI is InChI=1S/C28H31Cl2NO7/c1-13(2)9-19(32)17-7-8-20-21(24(17)35-4)27(33)36-12-18-22(29)14(3)23(30)26(25(18)37-20)38-28(34)31-11-15-5-6-16(31)10-15/h7-8,13,15-16,19,32H,5-6,9-12H2,1-4H3/t15?,16?,19-/m0/s1. The van der Waals surface area contributed by atoms with Crippen molar-refractivity contribution in [3.63, 3.8) is 0 Å². The molecule has 10 heteroatoms. The number of hydrogen-bond acceptors (Lipinski definition) is 7. The Labute approximate surface area is 231 Å². The molecule has 38 heavy (non-hydrogen) atoms. The summed E-state index contributed by atoms with van der Waals surface area (Å²) in [5.41, 5.74) is 1.27. The number of cyclic esters (lactones) is 1. The quantitative estimate of drug-likeness (QED) is 0.398. The van der Waals surface area contributed by atoms with Crippen LogP contribution in [0.4, 0.5) is 4.79 Å². The van der Waals surface area contributed by atoms with Crippen LogP contribution in [0, 0.1) is 18.8 Å². The summed E-state index contributed by atoms with van der Waals surface area (Å²) in [5.74, 6) is 0.365. The topological polar surface area (TPSA) is 94.5 Å². The molecule has 0 radical (unpaired) electrons. The van der Waals surface area contributed by atoms with Gasteiger partial charge in [0.2, 0.25) is 0 Å². The predicted octanol–water partition coefficient (Wildman–Crippen LogP) is 6.84. The van der Waals surface area contributed by atoms with Gasteiger partial charge in [-0.25, -0.2) is 9.59 Å². The Balaban J connectivity index is 1.58. The Bertz CT molecular complexity index is 1290. The number of piperidine rings is 1. The molecule has 1 aliphatic carbocycles. The number of carbonyl (C=O) groups is 2. The van der Waals surface area contributed by atoms with Crippen LogP contribution in [0.1, 0.15) is 72.7 Å². The molecule has 2 unspecified atom stereocenters. The van der Waals surface area contributed by atoms with E-state index in [9.17, 15) is 14.7 Å². The number of fused-ring (bicyclic) bond motifs is 4. The highest BCUT2D eigenvalue weighted by Gasteiger charge is 2.42. The van der Waals surface area contributed by atoms with Crippen molar-refractivity contribution in [3.05, 3.63) is 44.4 Å². The van der Waals surface area contributed by atoms with E-state index in [0.29, 0.717) is 35.6 Å². The Morgan fingerprint density at radius 1 is 1.21 bits per heavy atom. The van der Waals surface area contributed by atoms with Gasteiger partial charge in [0.15, 0.2) is 11.5 Å². The van der Waals surface area contributed by atoms with Crippen LogP contribution >= 0.6 is 23.2 Å². The van der Waals surface area contributed by atoms with Crippen LogP contribution in [0.3, 0.4) is 0 Å². The number of methoxy groups -OCH3 is 1. The SMILES string of the molecule is COc1c([C@@H](O)CC(C)C)ccc2c1C(=O)OCc1c(Cl)c(C)c(Cl)c(OC(=O)N3CC4CCC3C4)c1O2. The third-order valence-electron chi connectivity index (χ3n) is 7.61. The highest BCUT2D eigenvalue weighted by Crippen LogP contribution is 2.50. The van der Waals surface area contributed by atoms with E-state index >= 15 is 0 Å². The van der Waals surface area contributed by atoms with Crippen LogP contribution in [-0.4, -0.2) is 41.8 Å². The van der Waals surface area contributed by atoms with Crippen molar-refractivity contribution in [1.82, 2.24) is 4.90 Å². The van der Waals surface area contributed by atoms with E-state index in [1.165, 1.54) is 7.11 Å². The monoisotopic (exact) mass is 563 g/mol. The molecule has 3 aliphatic rings. The number of ether oxygens (including phenoxy) is 4. The third-order valence-corrected chi connectivity index (χ3v) is 8.57. The Morgan fingerprint density at radius 3 is 2.61 bits per heavy atom. The number of aliphatic hydroxyl groups excluding tert-OH is 1. The maximum absolute atomic E-state index is 13.2. The van der Waals surface area contributed by atoms with Crippen LogP contribution < -0.4 is 14.2 Å². The van der Waals surface area contributed by atoms with Crippen molar-refractivity contribution >= 4 is 35.3 Å². The molecule has 2 aliphatic heterocycles. The summed E-state index contributed by atoms with van der Waals surface area (Å²) in [6.45, 7) is 6.08. The van der Waals surface area contributed by atoms with Crippen molar-refractivity contribution in [3.8, 4) is 23.0 Å². The van der Waals surface area contributed by atoms with E-state index in [1.54, 1.807) is 24.0 Å². The van der Waals surface area contributed by atoms with Crippen molar-refractivity contribution < 1.29 is 33.6 Å². The average molecular weight is 564 g/mol. The summed E-state index contributed by atoms with van der Waals surface area (Å²) < 4.78 is 23.3. The summed E-state index contributed by atoms with van der Waals surface area (Å²) in [6, 6.07) is 3.35. The molecule has 1 saturated carbocycles. The number of carbonyl (C=O) groups excluding carboxylic acids is 2. The summed E-state index contributed by atoms with van der Waals surface area (Å²) in [4.78, 5) is 28.2. The summed E-state index contributed by atoms with van der Waals surface area (Å²) in [5, 5.41) is 11.2. The minimum atomic E-state index is -0.861. The number of nitrogens with zero attached hydrogens (tertiary/aromatic N) is 1. The lowest BCUT2D eigenvalue weighted by atomic mass is 9.96. The fraction of sp³-hybridized carbons (Fsp3) is 0.500. The van der Waals surface area contributed by atoms with Crippen LogP contribution in [0.15, 0.2) is 12.1 Å². The molecular weight excluding hydrogens is 533 g/mol. The van der Waals surface area contributed by atoms with Crippen molar-refractivity contribution in [2.45, 2.75) is 65.2 Å². The molecule has 1 amide bonds. The lowest BCUT2D eigenvalue weighted by Crippen LogP contribution is -2.39.